The van der Waals surface area contributed by atoms with Crippen LogP contribution in [0.3, 0.4) is 0 Å². The Morgan fingerprint density at radius 2 is 1.74 bits per heavy atom. The molecule has 0 bridgehead atoms. The molecular weight excluding hydrogens is 344 g/mol. The van der Waals surface area contributed by atoms with Gasteiger partial charge in [-0.1, -0.05) is 30.3 Å². The molecule has 0 spiro atoms. The number of rotatable bonds is 3. The second-order valence-corrected chi connectivity index (χ2v) is 6.70. The molecule has 27 heavy (non-hydrogen) atoms. The van der Waals surface area contributed by atoms with Crippen LogP contribution in [0.4, 0.5) is 5.69 Å². The van der Waals surface area contributed by atoms with Crippen molar-refractivity contribution in [3.05, 3.63) is 60.2 Å². The minimum atomic E-state index is -0.598. The minimum absolute atomic E-state index is 0.192. The van der Waals surface area contributed by atoms with Crippen LogP contribution >= 0.6 is 0 Å². The first-order chi connectivity index (χ1) is 13.2. The number of anilines is 1. The van der Waals surface area contributed by atoms with Gasteiger partial charge in [0.2, 0.25) is 0 Å². The van der Waals surface area contributed by atoms with Crippen molar-refractivity contribution < 1.29 is 19.1 Å². The third-order valence-electron chi connectivity index (χ3n) is 5.00. The largest absolute Gasteiger partial charge is 0.484 e. The van der Waals surface area contributed by atoms with E-state index in [0.29, 0.717) is 30.0 Å². The normalized spacial score (nSPS) is 19.2. The minimum Gasteiger partial charge on any atom is -0.484 e. The zero-order valence-corrected chi connectivity index (χ0v) is 14.8. The number of benzene rings is 2. The van der Waals surface area contributed by atoms with Crippen LogP contribution in [-0.4, -0.2) is 41.8 Å². The molecule has 0 radical (unpaired) electrons. The van der Waals surface area contributed by atoms with Crippen molar-refractivity contribution in [2.24, 2.45) is 0 Å². The maximum atomic E-state index is 13.2. The second kappa shape index (κ2) is 7.23. The summed E-state index contributed by atoms with van der Waals surface area (Å²) < 4.78 is 5.55. The topological polar surface area (TPSA) is 66.9 Å². The summed E-state index contributed by atoms with van der Waals surface area (Å²) >= 11 is 0. The molecule has 1 fully saturated rings. The maximum Gasteiger partial charge on any atom is 0.271 e. The molecule has 6 heteroatoms. The molecule has 2 aromatic carbocycles. The van der Waals surface area contributed by atoms with Crippen molar-refractivity contribution >= 4 is 23.4 Å². The molecule has 0 unspecified atom stereocenters. The van der Waals surface area contributed by atoms with Gasteiger partial charge in [-0.25, -0.2) is 4.90 Å². The Hall–Kier alpha value is -3.15. The molecule has 0 aliphatic carbocycles. The first-order valence-electron chi connectivity index (χ1n) is 9.11. The highest BCUT2D eigenvalue weighted by molar-refractivity contribution is 6.22. The van der Waals surface area contributed by atoms with E-state index in [1.165, 1.54) is 0 Å². The standard InChI is InChI=1S/C21H20N2O4/c24-19(14-27-15-8-2-1-3-9-15)23-17-11-5-4-10-16(17)20(25)22-13-7-6-12-18(22)21(23)26/h1-5,8-11,18H,6-7,12-14H2/t18-/m0/s1. The van der Waals surface area contributed by atoms with Gasteiger partial charge in [0, 0.05) is 6.54 Å². The number of piperidine rings is 1. The number of hydrogen-bond donors (Lipinski definition) is 0. The number of carbonyl (C=O) groups is 3. The van der Waals surface area contributed by atoms with Gasteiger partial charge in [0.05, 0.1) is 11.3 Å². The highest BCUT2D eigenvalue weighted by Crippen LogP contribution is 2.32. The molecule has 6 nitrogen and oxygen atoms in total. The third kappa shape index (κ3) is 3.18. The lowest BCUT2D eigenvalue weighted by Crippen LogP contribution is -2.52. The smallest absolute Gasteiger partial charge is 0.271 e. The Bertz CT molecular complexity index is 881. The number of carbonyl (C=O) groups excluding carboxylic acids is 3. The average molecular weight is 364 g/mol. The molecule has 0 saturated carbocycles. The van der Waals surface area contributed by atoms with Crippen molar-refractivity contribution in [3.63, 3.8) is 0 Å². The van der Waals surface area contributed by atoms with Gasteiger partial charge >= 0.3 is 0 Å². The number of imide groups is 1. The molecule has 0 N–H and O–H groups in total. The van der Waals surface area contributed by atoms with Crippen LogP contribution in [-0.2, 0) is 9.59 Å². The first-order valence-corrected chi connectivity index (χ1v) is 9.11. The van der Waals surface area contributed by atoms with E-state index in [1.807, 2.05) is 18.2 Å². The van der Waals surface area contributed by atoms with Crippen molar-refractivity contribution in [2.45, 2.75) is 25.3 Å². The molecule has 138 valence electrons. The quantitative estimate of drug-likeness (QED) is 0.840. The first kappa shape index (κ1) is 17.3. The third-order valence-corrected chi connectivity index (χ3v) is 5.00. The molecule has 0 aromatic heterocycles. The van der Waals surface area contributed by atoms with Gasteiger partial charge in [-0.15, -0.1) is 0 Å². The van der Waals surface area contributed by atoms with Crippen molar-refractivity contribution in [3.8, 4) is 5.75 Å². The number of fused-ring (bicyclic) bond motifs is 2. The lowest BCUT2D eigenvalue weighted by atomic mass is 10.0. The summed E-state index contributed by atoms with van der Waals surface area (Å²) in [5, 5.41) is 0. The van der Waals surface area contributed by atoms with Crippen LogP contribution < -0.4 is 9.64 Å². The molecule has 4 rings (SSSR count). The maximum absolute atomic E-state index is 13.2. The van der Waals surface area contributed by atoms with Gasteiger partial charge in [-0.2, -0.15) is 0 Å². The molecular formula is C21H20N2O4. The molecule has 1 saturated heterocycles. The monoisotopic (exact) mass is 364 g/mol. The Labute approximate surface area is 157 Å². The Kier molecular flexibility index (Phi) is 4.62. The van der Waals surface area contributed by atoms with Gasteiger partial charge < -0.3 is 9.64 Å². The Morgan fingerprint density at radius 3 is 2.56 bits per heavy atom. The molecule has 2 aliphatic rings. The van der Waals surface area contributed by atoms with Gasteiger partial charge in [-0.3, -0.25) is 14.4 Å². The molecule has 2 heterocycles. The van der Waals surface area contributed by atoms with E-state index in [4.69, 9.17) is 4.74 Å². The number of nitrogens with zero attached hydrogens (tertiary/aromatic N) is 2. The Morgan fingerprint density at radius 1 is 1.00 bits per heavy atom. The van der Waals surface area contributed by atoms with Crippen molar-refractivity contribution in [1.82, 2.24) is 4.90 Å². The van der Waals surface area contributed by atoms with E-state index in [1.54, 1.807) is 41.3 Å². The van der Waals surface area contributed by atoms with Crippen molar-refractivity contribution in [1.29, 1.82) is 0 Å². The van der Waals surface area contributed by atoms with Crippen molar-refractivity contribution in [2.75, 3.05) is 18.1 Å². The average Bonchev–Trinajstić information content (AvgIpc) is 2.81. The number of hydrogen-bond acceptors (Lipinski definition) is 4. The van der Waals surface area contributed by atoms with E-state index < -0.39 is 11.9 Å². The fourth-order valence-electron chi connectivity index (χ4n) is 3.69. The zero-order chi connectivity index (χ0) is 18.8. The second-order valence-electron chi connectivity index (χ2n) is 6.70. The van der Waals surface area contributed by atoms with Gasteiger partial charge in [0.15, 0.2) is 6.61 Å². The van der Waals surface area contributed by atoms with Gasteiger partial charge in [-0.05, 0) is 43.5 Å². The molecule has 2 aromatic rings. The number of amides is 3. The van der Waals surface area contributed by atoms with E-state index in [0.717, 1.165) is 17.7 Å². The summed E-state index contributed by atoms with van der Waals surface area (Å²) in [6.07, 6.45) is 2.30. The van der Waals surface area contributed by atoms with Gasteiger partial charge in [0.25, 0.3) is 17.7 Å². The summed E-state index contributed by atoms with van der Waals surface area (Å²) in [4.78, 5) is 41.8. The van der Waals surface area contributed by atoms with Crippen LogP contribution in [0.1, 0.15) is 29.6 Å². The number of ether oxygens (including phenoxy) is 1. The molecule has 2 aliphatic heterocycles. The molecule has 1 atom stereocenters. The SMILES string of the molecule is O=C(COc1ccccc1)N1C(=O)[C@@H]2CCCCN2C(=O)c2ccccc21. The lowest BCUT2D eigenvalue weighted by Gasteiger charge is -2.33. The van der Waals surface area contributed by atoms with Crippen LogP contribution in [0, 0.1) is 0 Å². The van der Waals surface area contributed by atoms with E-state index in [9.17, 15) is 14.4 Å². The van der Waals surface area contributed by atoms with E-state index in [-0.39, 0.29) is 18.4 Å². The summed E-state index contributed by atoms with van der Waals surface area (Å²) in [6.45, 7) is 0.261. The van der Waals surface area contributed by atoms with Crippen LogP contribution in [0.2, 0.25) is 0 Å². The predicted molar refractivity (Wildman–Crippen MR) is 99.5 cm³/mol. The summed E-state index contributed by atoms with van der Waals surface area (Å²) in [7, 11) is 0. The van der Waals surface area contributed by atoms with E-state index >= 15 is 0 Å². The summed E-state index contributed by atoms with van der Waals surface area (Å²) in [6, 6.07) is 15.2. The van der Waals surface area contributed by atoms with E-state index in [2.05, 4.69) is 0 Å². The number of para-hydroxylation sites is 2. The van der Waals surface area contributed by atoms with Gasteiger partial charge in [0.1, 0.15) is 11.8 Å². The molecule has 3 amide bonds. The highest BCUT2D eigenvalue weighted by Gasteiger charge is 2.42. The Balaban J connectivity index is 1.67. The summed E-state index contributed by atoms with van der Waals surface area (Å²) in [5.41, 5.74) is 0.715. The highest BCUT2D eigenvalue weighted by atomic mass is 16.5. The lowest BCUT2D eigenvalue weighted by molar-refractivity contribution is -0.130. The predicted octanol–water partition coefficient (Wildman–Crippen LogP) is 2.63. The summed E-state index contributed by atoms with van der Waals surface area (Å²) in [5.74, 6) is -0.467. The fourth-order valence-corrected chi connectivity index (χ4v) is 3.69. The van der Waals surface area contributed by atoms with Crippen LogP contribution in [0.5, 0.6) is 5.75 Å². The zero-order valence-electron chi connectivity index (χ0n) is 14.8. The van der Waals surface area contributed by atoms with Crippen LogP contribution in [0.15, 0.2) is 54.6 Å². The fraction of sp³-hybridized carbons (Fsp3) is 0.286. The van der Waals surface area contributed by atoms with Crippen LogP contribution in [0.25, 0.3) is 0 Å².